The number of alkyl halides is 1. The second-order valence-electron chi connectivity index (χ2n) is 9.64. The summed E-state index contributed by atoms with van der Waals surface area (Å²) in [5.74, 6) is -1.99. The Morgan fingerprint density at radius 3 is 2.50 bits per heavy atom. The van der Waals surface area contributed by atoms with Gasteiger partial charge in [-0.2, -0.15) is 9.97 Å². The summed E-state index contributed by atoms with van der Waals surface area (Å²) in [6.45, 7) is 2.53. The van der Waals surface area contributed by atoms with Gasteiger partial charge >= 0.3 is 11.9 Å². The van der Waals surface area contributed by atoms with E-state index in [1.165, 1.54) is 10.9 Å². The Morgan fingerprint density at radius 2 is 1.81 bits per heavy atom. The fourth-order valence-electron chi connectivity index (χ4n) is 4.91. The van der Waals surface area contributed by atoms with E-state index in [0.717, 1.165) is 10.8 Å². The minimum Gasteiger partial charge on any atom is -0.463 e. The molecule has 1 fully saturated rings. The summed E-state index contributed by atoms with van der Waals surface area (Å²) < 4.78 is 39.0. The molecule has 1 aliphatic heterocycles. The number of hydrogen-bond acceptors (Lipinski definition) is 11. The zero-order chi connectivity index (χ0) is 30.0. The van der Waals surface area contributed by atoms with Gasteiger partial charge in [0.1, 0.15) is 17.7 Å². The van der Waals surface area contributed by atoms with Gasteiger partial charge < -0.3 is 29.8 Å². The fourth-order valence-corrected chi connectivity index (χ4v) is 5.09. The predicted octanol–water partition coefficient (Wildman–Crippen LogP) is 2.94. The van der Waals surface area contributed by atoms with Crippen molar-refractivity contribution in [3.05, 3.63) is 59.6 Å². The van der Waals surface area contributed by atoms with Gasteiger partial charge in [0.05, 0.1) is 26.1 Å². The Bertz CT molecular complexity index is 1600. The number of carbonyl (C=O) groups excluding carboxylic acids is 2. The molecule has 0 unspecified atom stereocenters. The summed E-state index contributed by atoms with van der Waals surface area (Å²) in [6, 6.07) is 13.0. The average molecular weight is 602 g/mol. The van der Waals surface area contributed by atoms with Crippen LogP contribution in [-0.4, -0.2) is 80.4 Å². The second kappa shape index (κ2) is 12.1. The highest BCUT2D eigenvalue weighted by Crippen LogP contribution is 2.36. The lowest BCUT2D eigenvalue weighted by atomic mass is 9.92. The molecule has 3 N–H and O–H groups in total. The van der Waals surface area contributed by atoms with Crippen LogP contribution in [-0.2, 0) is 35.0 Å². The summed E-state index contributed by atoms with van der Waals surface area (Å²) in [5.41, 5.74) is 4.44. The second-order valence-corrected chi connectivity index (χ2v) is 9.98. The van der Waals surface area contributed by atoms with Crippen molar-refractivity contribution in [2.45, 2.75) is 50.5 Å². The highest BCUT2D eigenvalue weighted by molar-refractivity contribution is 6.28. The number of rotatable bonds is 10. The first-order chi connectivity index (χ1) is 20.2. The Balaban J connectivity index is 1.45. The van der Waals surface area contributed by atoms with Crippen LogP contribution >= 0.6 is 11.6 Å². The topological polar surface area (TPSA) is 161 Å². The van der Waals surface area contributed by atoms with Gasteiger partial charge in [-0.3, -0.25) is 4.57 Å². The average Bonchev–Trinajstić information content (AvgIpc) is 3.51. The maximum absolute atomic E-state index is 15.4. The summed E-state index contributed by atoms with van der Waals surface area (Å²) in [4.78, 5) is 38.8. The third kappa shape index (κ3) is 5.48. The van der Waals surface area contributed by atoms with E-state index in [1.807, 2.05) is 36.4 Å². The number of hydrogen-bond donors (Lipinski definition) is 2. The molecular formula is C28H29ClFN5O7. The number of nitrogens with two attached hydrogens (primary N) is 1. The van der Waals surface area contributed by atoms with Gasteiger partial charge in [0, 0.05) is 6.42 Å². The zero-order valence-corrected chi connectivity index (χ0v) is 23.5. The van der Waals surface area contributed by atoms with Gasteiger partial charge in [0.15, 0.2) is 23.9 Å². The molecule has 4 aromatic rings. The van der Waals surface area contributed by atoms with Crippen LogP contribution in [0.2, 0.25) is 5.28 Å². The van der Waals surface area contributed by atoms with Crippen molar-refractivity contribution < 1.29 is 38.0 Å². The van der Waals surface area contributed by atoms with E-state index in [1.54, 1.807) is 19.9 Å². The molecule has 0 aliphatic carbocycles. The van der Waals surface area contributed by atoms with Crippen molar-refractivity contribution in [3.8, 4) is 0 Å². The van der Waals surface area contributed by atoms with Gasteiger partial charge in [0.25, 0.3) is 5.60 Å². The number of esters is 2. The maximum atomic E-state index is 15.4. The number of ether oxygens (including phenoxy) is 4. The van der Waals surface area contributed by atoms with Crippen molar-refractivity contribution in [2.75, 3.05) is 25.6 Å². The van der Waals surface area contributed by atoms with Gasteiger partial charge in [-0.05, 0) is 41.8 Å². The Labute approximate surface area is 244 Å². The lowest BCUT2D eigenvalue weighted by molar-refractivity contribution is -0.197. The highest BCUT2D eigenvalue weighted by atomic mass is 35.5. The van der Waals surface area contributed by atoms with Gasteiger partial charge in [-0.15, -0.1) is 0 Å². The maximum Gasteiger partial charge on any atom is 0.350 e. The Kier molecular flexibility index (Phi) is 8.55. The molecule has 3 heterocycles. The van der Waals surface area contributed by atoms with Crippen molar-refractivity contribution in [1.29, 1.82) is 0 Å². The fraction of sp³-hybridized carbons (Fsp3) is 0.393. The van der Waals surface area contributed by atoms with E-state index in [4.69, 9.17) is 36.3 Å². The van der Waals surface area contributed by atoms with Crippen LogP contribution in [0.25, 0.3) is 21.9 Å². The molecule has 1 aliphatic rings. The molecule has 42 heavy (non-hydrogen) atoms. The number of aromatic nitrogens is 4. The van der Waals surface area contributed by atoms with Crippen LogP contribution in [0.5, 0.6) is 0 Å². The molecule has 4 atom stereocenters. The lowest BCUT2D eigenvalue weighted by Gasteiger charge is -2.31. The first kappa shape index (κ1) is 29.6. The quantitative estimate of drug-likeness (QED) is 0.156. The van der Waals surface area contributed by atoms with E-state index < -0.39 is 48.8 Å². The molecule has 0 amide bonds. The molecule has 222 valence electrons. The molecular weight excluding hydrogens is 573 g/mol. The number of nitrogen functional groups attached to an aromatic ring is 1. The van der Waals surface area contributed by atoms with Crippen LogP contribution in [0.1, 0.15) is 25.6 Å². The number of halogens is 2. The predicted molar refractivity (Wildman–Crippen MR) is 149 cm³/mol. The Morgan fingerprint density at radius 1 is 1.12 bits per heavy atom. The van der Waals surface area contributed by atoms with Gasteiger partial charge in [-0.1, -0.05) is 42.5 Å². The number of aliphatic hydroxyl groups is 1. The molecule has 12 nitrogen and oxygen atoms in total. The van der Waals surface area contributed by atoms with E-state index >= 15 is 4.39 Å². The summed E-state index contributed by atoms with van der Waals surface area (Å²) in [6.07, 6.45) is -5.39. The van der Waals surface area contributed by atoms with Gasteiger partial charge in [-0.25, -0.2) is 19.0 Å². The number of imidazole rings is 1. The third-order valence-electron chi connectivity index (χ3n) is 6.96. The minimum atomic E-state index is -2.27. The minimum absolute atomic E-state index is 0.0139. The molecule has 1 saturated heterocycles. The largest absolute Gasteiger partial charge is 0.463 e. The molecule has 0 bridgehead atoms. The monoisotopic (exact) mass is 601 g/mol. The number of anilines is 1. The van der Waals surface area contributed by atoms with Crippen LogP contribution in [0.15, 0.2) is 48.8 Å². The van der Waals surface area contributed by atoms with Gasteiger partial charge in [0.2, 0.25) is 5.28 Å². The summed E-state index contributed by atoms with van der Waals surface area (Å²) in [7, 11) is 0. The van der Waals surface area contributed by atoms with Crippen LogP contribution in [0, 0.1) is 0 Å². The van der Waals surface area contributed by atoms with Crippen molar-refractivity contribution in [3.63, 3.8) is 0 Å². The summed E-state index contributed by atoms with van der Waals surface area (Å²) in [5, 5.41) is 12.4. The SMILES string of the molecule is CCOC(=O)C(Cc1ccc2ccccc2c1)(OC[C@H]1O[C@@H](n2cnc3c(N)nc(Cl)nc32)[C@@H](F)[C@@H]1O)C(=O)OCC. The van der Waals surface area contributed by atoms with Crippen LogP contribution in [0.4, 0.5) is 10.2 Å². The normalized spacial score (nSPS) is 20.7. The molecule has 14 heteroatoms. The van der Waals surface area contributed by atoms with Crippen molar-refractivity contribution in [1.82, 2.24) is 19.5 Å². The number of fused-ring (bicyclic) bond motifs is 2. The third-order valence-corrected chi connectivity index (χ3v) is 7.13. The molecule has 2 aromatic heterocycles. The van der Waals surface area contributed by atoms with Crippen LogP contribution in [0.3, 0.4) is 0 Å². The Hall–Kier alpha value is -3.91. The zero-order valence-electron chi connectivity index (χ0n) is 22.8. The smallest absolute Gasteiger partial charge is 0.350 e. The number of benzene rings is 2. The molecule has 5 rings (SSSR count). The van der Waals surface area contributed by atoms with Crippen molar-refractivity contribution >= 4 is 51.3 Å². The first-order valence-corrected chi connectivity index (χ1v) is 13.7. The van der Waals surface area contributed by atoms with E-state index in [-0.39, 0.29) is 41.9 Å². The molecule has 0 spiro atoms. The van der Waals surface area contributed by atoms with E-state index in [9.17, 15) is 14.7 Å². The lowest BCUT2D eigenvalue weighted by Crippen LogP contribution is -2.54. The highest BCUT2D eigenvalue weighted by Gasteiger charge is 2.53. The molecule has 2 aromatic carbocycles. The van der Waals surface area contributed by atoms with E-state index in [0.29, 0.717) is 5.56 Å². The van der Waals surface area contributed by atoms with Crippen molar-refractivity contribution in [2.24, 2.45) is 0 Å². The standard InChI is InChI=1S/C28H29ClFN5O7/c1-3-39-25(37)28(26(38)40-4-2,12-15-9-10-16-7-5-6-8-17(16)11-15)41-13-18-21(36)19(30)24(42-18)35-14-32-20-22(31)33-27(29)34-23(20)35/h5-11,14,18-19,21,24,36H,3-4,12-13H2,1-2H3,(H2,31,33,34)/t18-,19+,21-,24-/m1/s1. The molecule has 0 saturated carbocycles. The van der Waals surface area contributed by atoms with Crippen LogP contribution < -0.4 is 5.73 Å². The number of aliphatic hydroxyl groups excluding tert-OH is 1. The van der Waals surface area contributed by atoms with E-state index in [2.05, 4.69) is 15.0 Å². The number of nitrogens with zero attached hydrogens (tertiary/aromatic N) is 4. The summed E-state index contributed by atoms with van der Waals surface area (Å²) >= 11 is 5.93. The first-order valence-electron chi connectivity index (χ1n) is 13.3. The number of carbonyl (C=O) groups is 2. The molecule has 0 radical (unpaired) electrons.